The third-order valence-corrected chi connectivity index (χ3v) is 6.58. The first kappa shape index (κ1) is 28.1. The van der Waals surface area contributed by atoms with Gasteiger partial charge in [-0.15, -0.1) is 0 Å². The van der Waals surface area contributed by atoms with E-state index in [9.17, 15) is 0 Å². The summed E-state index contributed by atoms with van der Waals surface area (Å²) >= 11 is 6.41. The van der Waals surface area contributed by atoms with Crippen molar-refractivity contribution in [1.29, 1.82) is 0 Å². The van der Waals surface area contributed by atoms with Gasteiger partial charge in [0.2, 0.25) is 0 Å². The summed E-state index contributed by atoms with van der Waals surface area (Å²) in [5, 5.41) is 4.19. The quantitative estimate of drug-likeness (QED) is 0.353. The van der Waals surface area contributed by atoms with Crippen LogP contribution in [0.5, 0.6) is 5.75 Å². The number of nitrogens with one attached hydrogen (secondary N) is 1. The summed E-state index contributed by atoms with van der Waals surface area (Å²) in [5.74, 6) is 0.784. The molecule has 7 heteroatoms. The van der Waals surface area contributed by atoms with Crippen LogP contribution in [-0.2, 0) is 0 Å². The van der Waals surface area contributed by atoms with Crippen molar-refractivity contribution in [3.05, 3.63) is 107 Å². The second kappa shape index (κ2) is 13.3. The average Bonchev–Trinajstić information content (AvgIpc) is 2.92. The molecule has 0 saturated heterocycles. The summed E-state index contributed by atoms with van der Waals surface area (Å²) in [6.07, 6.45) is 15.9. The molecule has 1 aromatic heterocycles. The van der Waals surface area contributed by atoms with Gasteiger partial charge in [-0.1, -0.05) is 23.7 Å². The predicted octanol–water partition coefficient (Wildman–Crippen LogP) is 7.42. The van der Waals surface area contributed by atoms with E-state index >= 15 is 0 Å². The molecule has 2 aliphatic carbocycles. The fourth-order valence-electron chi connectivity index (χ4n) is 4.41. The number of aromatic nitrogens is 1. The Morgan fingerprint density at radius 2 is 1.97 bits per heavy atom. The molecule has 1 heterocycles. The van der Waals surface area contributed by atoms with Crippen molar-refractivity contribution >= 4 is 34.4 Å². The summed E-state index contributed by atoms with van der Waals surface area (Å²) in [6.45, 7) is 6.77. The lowest BCUT2D eigenvalue weighted by molar-refractivity contribution is 0.415. The summed E-state index contributed by atoms with van der Waals surface area (Å²) in [6, 6.07) is 12.2. The second-order valence-corrected chi connectivity index (χ2v) is 10.1. The van der Waals surface area contributed by atoms with Gasteiger partial charge in [-0.3, -0.25) is 15.0 Å². The number of pyridine rings is 1. The van der Waals surface area contributed by atoms with E-state index in [0.29, 0.717) is 11.6 Å². The molecule has 0 radical (unpaired) electrons. The van der Waals surface area contributed by atoms with Crippen molar-refractivity contribution in [1.82, 2.24) is 4.98 Å². The monoisotopic (exact) mass is 541 g/mol. The molecule has 0 aliphatic heterocycles. The predicted molar refractivity (Wildman–Crippen MR) is 165 cm³/mol. The lowest BCUT2D eigenvalue weighted by Gasteiger charge is -2.33. The highest BCUT2D eigenvalue weighted by molar-refractivity contribution is 6.31. The molecule has 202 valence electrons. The Hall–Kier alpha value is -3.90. The first-order valence-electron chi connectivity index (χ1n) is 13.2. The van der Waals surface area contributed by atoms with Crippen LogP contribution in [-0.4, -0.2) is 43.2 Å². The minimum Gasteiger partial charge on any atom is -0.497 e. The van der Waals surface area contributed by atoms with Gasteiger partial charge < -0.3 is 15.0 Å². The second-order valence-electron chi connectivity index (χ2n) is 9.65. The number of rotatable bonds is 8. The maximum atomic E-state index is 6.41. The van der Waals surface area contributed by atoms with E-state index < -0.39 is 0 Å². The highest BCUT2D eigenvalue weighted by Gasteiger charge is 2.26. The van der Waals surface area contributed by atoms with Gasteiger partial charge in [0.1, 0.15) is 5.75 Å². The minimum absolute atomic E-state index is 0.125. The number of hydrogen-bond acceptors (Lipinski definition) is 6. The smallest absolute Gasteiger partial charge is 0.120 e. The molecule has 2 aliphatic rings. The number of methoxy groups -OCH3 is 1. The van der Waals surface area contributed by atoms with Crippen LogP contribution < -0.4 is 15.0 Å². The normalized spacial score (nSPS) is 21.2. The molecule has 0 saturated carbocycles. The average molecular weight is 542 g/mol. The number of aliphatic imine (C=N–C) groups is 2. The molecule has 2 aromatic rings. The zero-order valence-corrected chi connectivity index (χ0v) is 24.0. The molecule has 0 atom stereocenters. The van der Waals surface area contributed by atoms with Crippen LogP contribution >= 0.6 is 11.6 Å². The van der Waals surface area contributed by atoms with E-state index in [4.69, 9.17) is 26.3 Å². The molecule has 0 spiro atoms. The largest absolute Gasteiger partial charge is 0.497 e. The van der Waals surface area contributed by atoms with Crippen molar-refractivity contribution in [2.24, 2.45) is 9.98 Å². The Balaban J connectivity index is 1.79. The van der Waals surface area contributed by atoms with Crippen LogP contribution in [0.2, 0.25) is 0 Å². The first-order valence-corrected chi connectivity index (χ1v) is 13.6. The van der Waals surface area contributed by atoms with Crippen LogP contribution in [0.1, 0.15) is 32.4 Å². The van der Waals surface area contributed by atoms with Gasteiger partial charge in [0.25, 0.3) is 0 Å². The molecule has 0 amide bonds. The van der Waals surface area contributed by atoms with Crippen molar-refractivity contribution in [2.75, 3.05) is 30.9 Å². The number of halogens is 1. The number of hydrogen-bond donors (Lipinski definition) is 1. The van der Waals surface area contributed by atoms with Crippen LogP contribution in [0.15, 0.2) is 111 Å². The Labute approximate surface area is 236 Å². The number of allylic oxidation sites excluding steroid dienone is 8. The van der Waals surface area contributed by atoms with Crippen molar-refractivity contribution in [3.8, 4) is 5.75 Å². The molecule has 4 rings (SSSR count). The molecule has 0 unspecified atom stereocenters. The van der Waals surface area contributed by atoms with Crippen molar-refractivity contribution in [3.63, 3.8) is 0 Å². The highest BCUT2D eigenvalue weighted by Crippen LogP contribution is 2.33. The van der Waals surface area contributed by atoms with Gasteiger partial charge in [-0.2, -0.15) is 0 Å². The van der Waals surface area contributed by atoms with Gasteiger partial charge >= 0.3 is 0 Å². The zero-order valence-electron chi connectivity index (χ0n) is 23.3. The van der Waals surface area contributed by atoms with Crippen LogP contribution in [0, 0.1) is 6.92 Å². The zero-order chi connectivity index (χ0) is 27.8. The maximum absolute atomic E-state index is 6.41. The van der Waals surface area contributed by atoms with Gasteiger partial charge in [0.05, 0.1) is 36.1 Å². The maximum Gasteiger partial charge on any atom is 0.120 e. The highest BCUT2D eigenvalue weighted by atomic mass is 35.5. The number of benzene rings is 1. The van der Waals surface area contributed by atoms with Gasteiger partial charge in [-0.05, 0) is 93.8 Å². The van der Waals surface area contributed by atoms with Crippen LogP contribution in [0.3, 0.4) is 0 Å². The Morgan fingerprint density at radius 3 is 2.69 bits per heavy atom. The number of anilines is 2. The van der Waals surface area contributed by atoms with E-state index in [1.165, 1.54) is 0 Å². The summed E-state index contributed by atoms with van der Waals surface area (Å²) in [5.41, 5.74) is 7.84. The third kappa shape index (κ3) is 7.36. The molecule has 1 aromatic carbocycles. The SMILES string of the molecule is CN=C1C=C(CNc2ccc(C)nc2)C(=NC(C)C)C=C1N(/C1=C/C=C(Cl)\C=C/CC1)c1cccc(OC)c1. The minimum atomic E-state index is 0.125. The Kier molecular flexibility index (Phi) is 9.55. The fourth-order valence-corrected chi connectivity index (χ4v) is 4.57. The number of ether oxygens (including phenoxy) is 1. The molecule has 1 N–H and O–H groups in total. The number of nitrogens with zero attached hydrogens (tertiary/aromatic N) is 4. The molecule has 6 nitrogen and oxygen atoms in total. The molecule has 0 fully saturated rings. The lowest BCUT2D eigenvalue weighted by Crippen LogP contribution is -2.31. The summed E-state index contributed by atoms with van der Waals surface area (Å²) < 4.78 is 5.58. The van der Waals surface area contributed by atoms with E-state index in [2.05, 4.69) is 59.4 Å². The molecule has 39 heavy (non-hydrogen) atoms. The molecule has 0 bridgehead atoms. The van der Waals surface area contributed by atoms with E-state index in [-0.39, 0.29) is 6.04 Å². The summed E-state index contributed by atoms with van der Waals surface area (Å²) in [7, 11) is 3.51. The molecular formula is C32H36ClN5O. The Morgan fingerprint density at radius 1 is 1.13 bits per heavy atom. The van der Waals surface area contributed by atoms with Crippen molar-refractivity contribution < 1.29 is 4.74 Å². The van der Waals surface area contributed by atoms with Gasteiger partial charge in [0, 0.05) is 47.8 Å². The Bertz CT molecular complexity index is 1390. The van der Waals surface area contributed by atoms with Gasteiger partial charge in [0.15, 0.2) is 0 Å². The molecular weight excluding hydrogens is 506 g/mol. The first-order chi connectivity index (χ1) is 18.9. The van der Waals surface area contributed by atoms with Crippen LogP contribution in [0.4, 0.5) is 11.4 Å². The van der Waals surface area contributed by atoms with Crippen molar-refractivity contribution in [2.45, 2.75) is 39.7 Å². The summed E-state index contributed by atoms with van der Waals surface area (Å²) in [4.78, 5) is 16.4. The topological polar surface area (TPSA) is 62.1 Å². The van der Waals surface area contributed by atoms with Crippen LogP contribution in [0.25, 0.3) is 0 Å². The number of aryl methyl sites for hydroxylation is 1. The van der Waals surface area contributed by atoms with E-state index in [1.54, 1.807) is 7.11 Å². The van der Waals surface area contributed by atoms with E-state index in [1.807, 2.05) is 62.7 Å². The third-order valence-electron chi connectivity index (χ3n) is 6.33. The standard InChI is InChI=1S/C32H36ClN5O/c1-22(2)37-30-19-32(31(34-4)17-24(30)20-36-26-15-13-23(3)35-21-26)38(28-11-8-12-29(18-28)39-5)27-10-7-6-9-25(33)14-16-27/h6,8-9,11-19,21-22,36H,7,10,20H2,1-5H3/b9-6-,25-14+,27-16+,34-31?,37-30?. The van der Waals surface area contributed by atoms with Gasteiger partial charge in [-0.25, -0.2) is 0 Å². The van der Waals surface area contributed by atoms with E-state index in [0.717, 1.165) is 64.1 Å². The fraction of sp³-hybridized carbons (Fsp3) is 0.281. The lowest BCUT2D eigenvalue weighted by atomic mass is 9.96.